The third kappa shape index (κ3) is 3.11. The van der Waals surface area contributed by atoms with Crippen molar-refractivity contribution in [1.29, 1.82) is 0 Å². The van der Waals surface area contributed by atoms with Gasteiger partial charge in [-0.1, -0.05) is 42.5 Å². The zero-order valence-electron chi connectivity index (χ0n) is 8.93. The van der Waals surface area contributed by atoms with Crippen LogP contribution in [0.4, 0.5) is 0 Å². The molecule has 2 rings (SSSR count). The second-order valence-electron chi connectivity index (χ2n) is 3.48. The zero-order valence-corrected chi connectivity index (χ0v) is 8.93. The zero-order chi connectivity index (χ0) is 11.2. The van der Waals surface area contributed by atoms with Gasteiger partial charge in [-0.15, -0.1) is 0 Å². The van der Waals surface area contributed by atoms with Crippen molar-refractivity contribution in [1.82, 2.24) is 0 Å². The first-order valence-corrected chi connectivity index (χ1v) is 5.10. The van der Waals surface area contributed by atoms with Gasteiger partial charge in [-0.2, -0.15) is 4.89 Å². The molecule has 0 unspecified atom stereocenters. The van der Waals surface area contributed by atoms with Gasteiger partial charge in [0.25, 0.3) is 0 Å². The van der Waals surface area contributed by atoms with Gasteiger partial charge >= 0.3 is 0 Å². The van der Waals surface area contributed by atoms with E-state index in [9.17, 15) is 0 Å². The Bertz CT molecular complexity index is 420. The molecular formula is C14H13O2. The average Bonchev–Trinajstić information content (AvgIpc) is 2.33. The smallest absolute Gasteiger partial charge is 0.165 e. The normalized spacial score (nSPS) is 10.1. The Kier molecular flexibility index (Phi) is 3.57. The van der Waals surface area contributed by atoms with Gasteiger partial charge in [0, 0.05) is 0 Å². The molecule has 2 aromatic carbocycles. The molecule has 0 aliphatic heterocycles. The third-order valence-electron chi connectivity index (χ3n) is 2.15. The van der Waals surface area contributed by atoms with Crippen LogP contribution in [-0.4, -0.2) is 0 Å². The van der Waals surface area contributed by atoms with Gasteiger partial charge in [-0.25, -0.2) is 0 Å². The van der Waals surface area contributed by atoms with Crippen molar-refractivity contribution in [3.63, 3.8) is 0 Å². The molecule has 2 aromatic rings. The fourth-order valence-electron chi connectivity index (χ4n) is 1.28. The Morgan fingerprint density at radius 3 is 2.25 bits per heavy atom. The Morgan fingerprint density at radius 2 is 1.56 bits per heavy atom. The minimum absolute atomic E-state index is 0.437. The van der Waals surface area contributed by atoms with Crippen LogP contribution in [0.3, 0.4) is 0 Å². The maximum absolute atomic E-state index is 5.14. The molecule has 0 aliphatic rings. The van der Waals surface area contributed by atoms with Crippen LogP contribution in [0.2, 0.25) is 0 Å². The quantitative estimate of drug-likeness (QED) is 0.572. The summed E-state index contributed by atoms with van der Waals surface area (Å²) in [5.74, 6) is 0.684. The molecule has 0 bridgehead atoms. The lowest BCUT2D eigenvalue weighted by atomic mass is 10.2. The molecule has 0 fully saturated rings. The van der Waals surface area contributed by atoms with Crippen molar-refractivity contribution in [2.75, 3.05) is 0 Å². The van der Waals surface area contributed by atoms with E-state index >= 15 is 0 Å². The van der Waals surface area contributed by atoms with Crippen molar-refractivity contribution in [3.05, 3.63) is 72.6 Å². The summed E-state index contributed by atoms with van der Waals surface area (Å²) in [5.41, 5.74) is 2.03. The summed E-state index contributed by atoms with van der Waals surface area (Å²) in [4.78, 5) is 10.3. The van der Waals surface area contributed by atoms with Crippen molar-refractivity contribution >= 4 is 0 Å². The molecule has 2 nitrogen and oxygen atoms in total. The van der Waals surface area contributed by atoms with Crippen LogP contribution in [-0.2, 0) is 11.5 Å². The topological polar surface area (TPSA) is 18.5 Å². The first-order chi connectivity index (χ1) is 7.84. The fourth-order valence-corrected chi connectivity index (χ4v) is 1.28. The highest BCUT2D eigenvalue weighted by atomic mass is 17.2. The average molecular weight is 213 g/mol. The highest BCUT2D eigenvalue weighted by Crippen LogP contribution is 2.12. The van der Waals surface area contributed by atoms with E-state index in [-0.39, 0.29) is 0 Å². The summed E-state index contributed by atoms with van der Waals surface area (Å²) in [7, 11) is 0. The minimum atomic E-state index is 0.437. The third-order valence-corrected chi connectivity index (χ3v) is 2.15. The van der Waals surface area contributed by atoms with Crippen LogP contribution in [0.1, 0.15) is 11.1 Å². The van der Waals surface area contributed by atoms with Crippen molar-refractivity contribution in [2.24, 2.45) is 0 Å². The highest BCUT2D eigenvalue weighted by Gasteiger charge is 1.95. The predicted octanol–water partition coefficient (Wildman–Crippen LogP) is 3.38. The lowest BCUT2D eigenvalue weighted by Crippen LogP contribution is -1.97. The van der Waals surface area contributed by atoms with Crippen LogP contribution in [0.25, 0.3) is 0 Å². The van der Waals surface area contributed by atoms with Crippen LogP contribution in [0.15, 0.2) is 54.6 Å². The molecule has 1 radical (unpaired) electrons. The molecule has 0 atom stereocenters. The predicted molar refractivity (Wildman–Crippen MR) is 62.8 cm³/mol. The van der Waals surface area contributed by atoms with Gasteiger partial charge in [0.1, 0.15) is 6.61 Å². The first kappa shape index (κ1) is 10.7. The molecule has 0 saturated carbocycles. The number of hydrogen-bond donors (Lipinski definition) is 0. The van der Waals surface area contributed by atoms with E-state index in [0.29, 0.717) is 12.4 Å². The van der Waals surface area contributed by atoms with Gasteiger partial charge in [-0.05, 0) is 30.2 Å². The lowest BCUT2D eigenvalue weighted by Gasteiger charge is -2.04. The van der Waals surface area contributed by atoms with Crippen LogP contribution in [0, 0.1) is 6.92 Å². The molecule has 0 saturated heterocycles. The van der Waals surface area contributed by atoms with Crippen molar-refractivity contribution in [3.8, 4) is 5.75 Å². The number of hydrogen-bond acceptors (Lipinski definition) is 2. The van der Waals surface area contributed by atoms with Crippen LogP contribution >= 0.6 is 0 Å². The summed E-state index contributed by atoms with van der Waals surface area (Å²) < 4.78 is 0. The van der Waals surface area contributed by atoms with Gasteiger partial charge in [-0.3, -0.25) is 0 Å². The van der Waals surface area contributed by atoms with E-state index in [4.69, 9.17) is 9.78 Å². The van der Waals surface area contributed by atoms with Crippen LogP contribution in [0.5, 0.6) is 5.75 Å². The van der Waals surface area contributed by atoms with Crippen molar-refractivity contribution in [2.45, 2.75) is 6.61 Å². The summed E-state index contributed by atoms with van der Waals surface area (Å²) in [5, 5.41) is 0. The van der Waals surface area contributed by atoms with E-state index in [2.05, 4.69) is 6.92 Å². The van der Waals surface area contributed by atoms with E-state index in [1.54, 1.807) is 0 Å². The second-order valence-corrected chi connectivity index (χ2v) is 3.48. The summed E-state index contributed by atoms with van der Waals surface area (Å²) in [6, 6.07) is 17.3. The molecule has 0 heterocycles. The molecule has 16 heavy (non-hydrogen) atoms. The van der Waals surface area contributed by atoms with Gasteiger partial charge in [0.2, 0.25) is 0 Å². The SMILES string of the molecule is [CH2]c1ccc(OOCc2ccccc2)cc1. The molecule has 2 heteroatoms. The summed E-state index contributed by atoms with van der Waals surface area (Å²) in [6.07, 6.45) is 0. The van der Waals surface area contributed by atoms with Crippen molar-refractivity contribution < 1.29 is 9.78 Å². The Morgan fingerprint density at radius 1 is 0.875 bits per heavy atom. The number of rotatable bonds is 4. The maximum Gasteiger partial charge on any atom is 0.165 e. The molecular weight excluding hydrogens is 200 g/mol. The van der Waals surface area contributed by atoms with E-state index < -0.39 is 0 Å². The van der Waals surface area contributed by atoms with E-state index in [0.717, 1.165) is 11.1 Å². The largest absolute Gasteiger partial charge is 0.337 e. The monoisotopic (exact) mass is 213 g/mol. The molecule has 0 spiro atoms. The summed E-state index contributed by atoms with van der Waals surface area (Å²) >= 11 is 0. The molecule has 0 aliphatic carbocycles. The highest BCUT2D eigenvalue weighted by molar-refractivity contribution is 5.28. The Hall–Kier alpha value is -1.80. The fraction of sp³-hybridized carbons (Fsp3) is 0.0714. The lowest BCUT2D eigenvalue weighted by molar-refractivity contribution is -0.217. The van der Waals surface area contributed by atoms with Gasteiger partial charge in [0.05, 0.1) is 0 Å². The van der Waals surface area contributed by atoms with Gasteiger partial charge in [0.15, 0.2) is 5.75 Å². The van der Waals surface area contributed by atoms with Gasteiger partial charge < -0.3 is 4.89 Å². The standard InChI is InChI=1S/C14H13O2/c1-12-7-9-14(10-8-12)16-15-11-13-5-3-2-4-6-13/h2-10H,1,11H2. The Labute approximate surface area is 95.4 Å². The first-order valence-electron chi connectivity index (χ1n) is 5.10. The molecule has 0 aromatic heterocycles. The maximum atomic E-state index is 5.14. The molecule has 81 valence electrons. The molecule has 0 N–H and O–H groups in total. The Balaban J connectivity index is 1.82. The van der Waals surface area contributed by atoms with E-state index in [1.165, 1.54) is 0 Å². The molecule has 0 amide bonds. The van der Waals surface area contributed by atoms with E-state index in [1.807, 2.05) is 54.6 Å². The number of benzene rings is 2. The van der Waals surface area contributed by atoms with Crippen LogP contribution < -0.4 is 4.89 Å². The second kappa shape index (κ2) is 5.33. The summed E-state index contributed by atoms with van der Waals surface area (Å²) in [6.45, 7) is 4.23. The minimum Gasteiger partial charge on any atom is -0.337 e.